The first-order valence-electron chi connectivity index (χ1n) is 5.58. The number of amides is 1. The highest BCUT2D eigenvalue weighted by molar-refractivity contribution is 5.97. The van der Waals surface area contributed by atoms with Crippen molar-refractivity contribution in [2.45, 2.75) is 34.6 Å². The zero-order valence-corrected chi connectivity index (χ0v) is 11.0. The van der Waals surface area contributed by atoms with Crippen LogP contribution < -0.4 is 5.32 Å². The van der Waals surface area contributed by atoms with Crippen LogP contribution in [0, 0.1) is 37.5 Å². The average Bonchev–Trinajstić information content (AvgIpc) is 2.25. The number of anilines is 1. The summed E-state index contributed by atoms with van der Waals surface area (Å²) in [5, 5.41) is 11.7. The van der Waals surface area contributed by atoms with Crippen LogP contribution in [0.2, 0.25) is 0 Å². The van der Waals surface area contributed by atoms with Gasteiger partial charge in [-0.25, -0.2) is 0 Å². The van der Waals surface area contributed by atoms with E-state index >= 15 is 0 Å². The van der Waals surface area contributed by atoms with Gasteiger partial charge in [0.05, 0.1) is 6.07 Å². The standard InChI is InChI=1S/C14H18N2O/c1-9-6-11(3)12(7-10(9)2)16-13(17)14(4,5)8-15/h6-7H,1-5H3,(H,16,17). The van der Waals surface area contributed by atoms with Crippen LogP contribution in [0.15, 0.2) is 12.1 Å². The lowest BCUT2D eigenvalue weighted by molar-refractivity contribution is -0.121. The first-order chi connectivity index (χ1) is 7.77. The van der Waals surface area contributed by atoms with Crippen molar-refractivity contribution in [1.29, 1.82) is 5.26 Å². The molecule has 0 aliphatic rings. The van der Waals surface area contributed by atoms with Crippen LogP contribution in [0.3, 0.4) is 0 Å². The van der Waals surface area contributed by atoms with Crippen molar-refractivity contribution in [3.63, 3.8) is 0 Å². The Morgan fingerprint density at radius 1 is 1.18 bits per heavy atom. The largest absolute Gasteiger partial charge is 0.324 e. The lowest BCUT2D eigenvalue weighted by Gasteiger charge is -2.17. The quantitative estimate of drug-likeness (QED) is 0.848. The predicted octanol–water partition coefficient (Wildman–Crippen LogP) is 3.10. The number of hydrogen-bond donors (Lipinski definition) is 1. The zero-order chi connectivity index (χ0) is 13.2. The highest BCUT2D eigenvalue weighted by atomic mass is 16.2. The minimum atomic E-state index is -1.01. The summed E-state index contributed by atoms with van der Waals surface area (Å²) < 4.78 is 0. The van der Waals surface area contributed by atoms with Crippen LogP contribution in [0.4, 0.5) is 5.69 Å². The number of nitrogens with one attached hydrogen (secondary N) is 1. The Hall–Kier alpha value is -1.82. The molecule has 0 spiro atoms. The molecule has 0 radical (unpaired) electrons. The van der Waals surface area contributed by atoms with Gasteiger partial charge in [0.25, 0.3) is 0 Å². The van der Waals surface area contributed by atoms with Crippen molar-refractivity contribution in [2.24, 2.45) is 5.41 Å². The number of carbonyl (C=O) groups is 1. The monoisotopic (exact) mass is 230 g/mol. The highest BCUT2D eigenvalue weighted by Gasteiger charge is 2.27. The van der Waals surface area contributed by atoms with E-state index < -0.39 is 5.41 Å². The van der Waals surface area contributed by atoms with Gasteiger partial charge in [0, 0.05) is 5.69 Å². The van der Waals surface area contributed by atoms with Crippen molar-refractivity contribution in [2.75, 3.05) is 5.32 Å². The molecule has 0 saturated carbocycles. The molecule has 0 aliphatic heterocycles. The molecule has 1 aromatic carbocycles. The van der Waals surface area contributed by atoms with E-state index in [1.165, 1.54) is 5.56 Å². The molecule has 0 atom stereocenters. The Morgan fingerprint density at radius 3 is 2.24 bits per heavy atom. The van der Waals surface area contributed by atoms with Crippen molar-refractivity contribution in [1.82, 2.24) is 0 Å². The smallest absolute Gasteiger partial charge is 0.244 e. The molecule has 0 aromatic heterocycles. The number of carbonyl (C=O) groups excluding carboxylic acids is 1. The van der Waals surface area contributed by atoms with E-state index in [0.29, 0.717) is 0 Å². The summed E-state index contributed by atoms with van der Waals surface area (Å²) in [6.07, 6.45) is 0. The third-order valence-corrected chi connectivity index (χ3v) is 2.94. The molecule has 0 saturated heterocycles. The Bertz CT molecular complexity index is 496. The minimum Gasteiger partial charge on any atom is -0.324 e. The summed E-state index contributed by atoms with van der Waals surface area (Å²) in [5.74, 6) is -0.272. The molecule has 90 valence electrons. The zero-order valence-electron chi connectivity index (χ0n) is 11.0. The van der Waals surface area contributed by atoms with Crippen LogP contribution >= 0.6 is 0 Å². The van der Waals surface area contributed by atoms with Crippen molar-refractivity contribution in [3.8, 4) is 6.07 Å². The number of nitriles is 1. The Balaban J connectivity index is 3.02. The first-order valence-corrected chi connectivity index (χ1v) is 5.58. The highest BCUT2D eigenvalue weighted by Crippen LogP contribution is 2.23. The van der Waals surface area contributed by atoms with Crippen LogP contribution in [0.5, 0.6) is 0 Å². The van der Waals surface area contributed by atoms with E-state index in [2.05, 4.69) is 5.32 Å². The van der Waals surface area contributed by atoms with Crippen molar-refractivity contribution < 1.29 is 4.79 Å². The molecule has 1 amide bonds. The summed E-state index contributed by atoms with van der Waals surface area (Å²) in [5.41, 5.74) is 3.10. The maximum Gasteiger partial charge on any atom is 0.244 e. The van der Waals surface area contributed by atoms with Gasteiger partial charge in [-0.15, -0.1) is 0 Å². The normalized spacial score (nSPS) is 10.8. The molecule has 0 heterocycles. The summed E-state index contributed by atoms with van der Waals surface area (Å²) >= 11 is 0. The molecule has 0 unspecified atom stereocenters. The number of aryl methyl sites for hydroxylation is 3. The summed E-state index contributed by atoms with van der Waals surface area (Å²) in [6, 6.07) is 5.97. The van der Waals surface area contributed by atoms with Crippen molar-refractivity contribution >= 4 is 11.6 Å². The van der Waals surface area contributed by atoms with Gasteiger partial charge in [-0.05, 0) is 57.4 Å². The molecule has 0 bridgehead atoms. The second-order valence-electron chi connectivity index (χ2n) is 4.94. The molecule has 0 aliphatic carbocycles. The fourth-order valence-corrected chi connectivity index (χ4v) is 1.42. The van der Waals surface area contributed by atoms with Crippen molar-refractivity contribution in [3.05, 3.63) is 28.8 Å². The number of hydrogen-bond acceptors (Lipinski definition) is 2. The van der Waals surface area contributed by atoms with Crippen LogP contribution in [0.1, 0.15) is 30.5 Å². The molecule has 3 heteroatoms. The molecular formula is C14H18N2O. The van der Waals surface area contributed by atoms with Crippen LogP contribution in [-0.4, -0.2) is 5.91 Å². The minimum absolute atomic E-state index is 0.272. The topological polar surface area (TPSA) is 52.9 Å². The van der Waals surface area contributed by atoms with Gasteiger partial charge in [-0.2, -0.15) is 5.26 Å². The maximum absolute atomic E-state index is 11.9. The van der Waals surface area contributed by atoms with Gasteiger partial charge in [-0.3, -0.25) is 4.79 Å². The van der Waals surface area contributed by atoms with Gasteiger partial charge >= 0.3 is 0 Å². The Labute approximate surface area is 102 Å². The second-order valence-corrected chi connectivity index (χ2v) is 4.94. The van der Waals surface area contributed by atoms with Gasteiger partial charge in [-0.1, -0.05) is 6.07 Å². The second kappa shape index (κ2) is 4.58. The fraction of sp³-hybridized carbons (Fsp3) is 0.429. The Kier molecular flexibility index (Phi) is 3.57. The van der Waals surface area contributed by atoms with E-state index in [1.54, 1.807) is 13.8 Å². The number of nitrogens with zero attached hydrogens (tertiary/aromatic N) is 1. The third kappa shape index (κ3) is 2.85. The number of benzene rings is 1. The molecule has 0 fully saturated rings. The summed E-state index contributed by atoms with van der Waals surface area (Å²) in [6.45, 7) is 9.20. The average molecular weight is 230 g/mol. The Morgan fingerprint density at radius 2 is 1.71 bits per heavy atom. The first kappa shape index (κ1) is 13.2. The predicted molar refractivity (Wildman–Crippen MR) is 68.7 cm³/mol. The van der Waals surface area contributed by atoms with E-state index in [9.17, 15) is 4.79 Å². The van der Waals surface area contributed by atoms with E-state index in [1.807, 2.05) is 39.0 Å². The van der Waals surface area contributed by atoms with E-state index in [-0.39, 0.29) is 5.91 Å². The summed E-state index contributed by atoms with van der Waals surface area (Å²) in [4.78, 5) is 11.9. The molecular weight excluding hydrogens is 212 g/mol. The SMILES string of the molecule is Cc1cc(C)c(NC(=O)C(C)(C)C#N)cc1C. The summed E-state index contributed by atoms with van der Waals surface area (Å²) in [7, 11) is 0. The van der Waals surface area contributed by atoms with Crippen LogP contribution in [0.25, 0.3) is 0 Å². The van der Waals surface area contributed by atoms with Gasteiger partial charge in [0.15, 0.2) is 0 Å². The number of rotatable bonds is 2. The molecule has 3 nitrogen and oxygen atoms in total. The van der Waals surface area contributed by atoms with E-state index in [4.69, 9.17) is 5.26 Å². The van der Waals surface area contributed by atoms with Gasteiger partial charge in [0.2, 0.25) is 5.91 Å². The molecule has 1 rings (SSSR count). The maximum atomic E-state index is 11.9. The lowest BCUT2D eigenvalue weighted by atomic mass is 9.94. The van der Waals surface area contributed by atoms with Crippen LogP contribution in [-0.2, 0) is 4.79 Å². The van der Waals surface area contributed by atoms with Gasteiger partial charge in [0.1, 0.15) is 5.41 Å². The third-order valence-electron chi connectivity index (χ3n) is 2.94. The van der Waals surface area contributed by atoms with E-state index in [0.717, 1.165) is 16.8 Å². The fourth-order valence-electron chi connectivity index (χ4n) is 1.42. The van der Waals surface area contributed by atoms with Gasteiger partial charge < -0.3 is 5.32 Å². The molecule has 1 aromatic rings. The lowest BCUT2D eigenvalue weighted by Crippen LogP contribution is -2.29. The molecule has 17 heavy (non-hydrogen) atoms. The molecule has 1 N–H and O–H groups in total.